The van der Waals surface area contributed by atoms with Crippen LogP contribution in [-0.4, -0.2) is 46.4 Å². The molecule has 9 nitrogen and oxygen atoms in total. The van der Waals surface area contributed by atoms with Crippen LogP contribution in [-0.2, 0) is 22.8 Å². The maximum absolute atomic E-state index is 13.4. The first-order valence-corrected chi connectivity index (χ1v) is 13.9. The Morgan fingerprint density at radius 1 is 1.08 bits per heavy atom. The number of nitrogens with zero attached hydrogens (tertiary/aromatic N) is 4. The number of rotatable bonds is 7. The smallest absolute Gasteiger partial charge is 0.294 e. The van der Waals surface area contributed by atoms with E-state index in [1.54, 1.807) is 26.2 Å². The average Bonchev–Trinajstić information content (AvgIpc) is 2.89. The lowest BCUT2D eigenvalue weighted by atomic mass is 10.1. The molecule has 0 saturated carbocycles. The van der Waals surface area contributed by atoms with Crippen LogP contribution in [0.1, 0.15) is 24.0 Å². The molecule has 0 radical (unpaired) electrons. The van der Waals surface area contributed by atoms with Gasteiger partial charge in [0, 0.05) is 37.8 Å². The van der Waals surface area contributed by atoms with Crippen molar-refractivity contribution in [1.29, 1.82) is 0 Å². The second-order valence-electron chi connectivity index (χ2n) is 9.42. The Bertz CT molecular complexity index is 1640. The topological polar surface area (TPSA) is 106 Å². The number of sulfonamides is 1. The van der Waals surface area contributed by atoms with Gasteiger partial charge in [-0.2, -0.15) is 4.98 Å². The Balaban J connectivity index is 1.27. The molecule has 2 aromatic carbocycles. The van der Waals surface area contributed by atoms with Crippen LogP contribution in [0.4, 0.5) is 10.3 Å². The summed E-state index contributed by atoms with van der Waals surface area (Å²) in [4.78, 5) is 21.9. The quantitative estimate of drug-likeness (QED) is 0.380. The maximum Gasteiger partial charge on any atom is 0.294 e. The summed E-state index contributed by atoms with van der Waals surface area (Å²) in [7, 11) is -1.80. The molecule has 5 rings (SSSR count). The number of piperidine rings is 1. The summed E-state index contributed by atoms with van der Waals surface area (Å²) in [6, 6.07) is 14.8. The minimum Gasteiger partial charge on any atom is -0.451 e. The highest BCUT2D eigenvalue weighted by atomic mass is 32.2. The molecule has 0 aliphatic carbocycles. The molecule has 2 aromatic heterocycles. The number of anilines is 1. The van der Waals surface area contributed by atoms with E-state index < -0.39 is 10.0 Å². The molecule has 1 aliphatic rings. The molecular formula is C27H28FN5O4S. The summed E-state index contributed by atoms with van der Waals surface area (Å²) >= 11 is 0. The summed E-state index contributed by atoms with van der Waals surface area (Å²) in [5.41, 5.74) is 1.38. The first kappa shape index (κ1) is 25.8. The molecule has 38 heavy (non-hydrogen) atoms. The number of hydrogen-bond donors (Lipinski definition) is 1. The molecule has 0 bridgehead atoms. The fourth-order valence-corrected chi connectivity index (χ4v) is 6.11. The van der Waals surface area contributed by atoms with Crippen molar-refractivity contribution in [3.8, 4) is 11.5 Å². The number of fused-ring (bicyclic) bond motifs is 1. The fraction of sp³-hybridized carbons (Fsp3) is 0.296. The summed E-state index contributed by atoms with van der Waals surface area (Å²) in [5.74, 6) is 0.442. The van der Waals surface area contributed by atoms with Crippen molar-refractivity contribution in [2.24, 2.45) is 7.05 Å². The zero-order valence-corrected chi connectivity index (χ0v) is 21.9. The molecule has 0 amide bonds. The van der Waals surface area contributed by atoms with Crippen molar-refractivity contribution in [3.05, 3.63) is 88.1 Å². The first-order valence-electron chi connectivity index (χ1n) is 12.3. The van der Waals surface area contributed by atoms with Gasteiger partial charge < -0.3 is 10.1 Å². The predicted molar refractivity (Wildman–Crippen MR) is 143 cm³/mol. The third-order valence-electron chi connectivity index (χ3n) is 6.64. The lowest BCUT2D eigenvalue weighted by molar-refractivity contribution is 0.329. The van der Waals surface area contributed by atoms with Gasteiger partial charge in [-0.1, -0.05) is 30.3 Å². The molecule has 1 fully saturated rings. The molecule has 3 heterocycles. The van der Waals surface area contributed by atoms with E-state index in [4.69, 9.17) is 4.74 Å². The van der Waals surface area contributed by atoms with Gasteiger partial charge in [0.15, 0.2) is 5.75 Å². The number of pyridine rings is 1. The molecule has 0 atom stereocenters. The van der Waals surface area contributed by atoms with Crippen molar-refractivity contribution in [1.82, 2.24) is 18.8 Å². The number of ether oxygens (including phenoxy) is 1. The van der Waals surface area contributed by atoms with Crippen molar-refractivity contribution in [3.63, 3.8) is 0 Å². The largest absolute Gasteiger partial charge is 0.451 e. The van der Waals surface area contributed by atoms with E-state index in [0.717, 1.165) is 5.56 Å². The minimum absolute atomic E-state index is 0.00305. The van der Waals surface area contributed by atoms with Crippen LogP contribution < -0.4 is 15.6 Å². The van der Waals surface area contributed by atoms with Crippen LogP contribution in [0.5, 0.6) is 11.5 Å². The predicted octanol–water partition coefficient (Wildman–Crippen LogP) is 3.97. The SMILES string of the molecule is Cc1cc(F)ccc1Oc1cc2cnc(NC3CCN(S(=O)(=O)Cc4ccccc4)CC3)nc2n(C)c1=O. The van der Waals surface area contributed by atoms with Gasteiger partial charge in [-0.3, -0.25) is 9.36 Å². The van der Waals surface area contributed by atoms with Crippen molar-refractivity contribution in [2.75, 3.05) is 18.4 Å². The molecule has 0 spiro atoms. The van der Waals surface area contributed by atoms with Crippen molar-refractivity contribution >= 4 is 27.0 Å². The van der Waals surface area contributed by atoms with Crippen LogP contribution >= 0.6 is 0 Å². The molecule has 4 aromatic rings. The van der Waals surface area contributed by atoms with Gasteiger partial charge in [0.25, 0.3) is 5.56 Å². The highest BCUT2D eigenvalue weighted by Crippen LogP contribution is 2.26. The van der Waals surface area contributed by atoms with Gasteiger partial charge in [0.05, 0.1) is 5.75 Å². The average molecular weight is 538 g/mol. The van der Waals surface area contributed by atoms with Gasteiger partial charge in [0.2, 0.25) is 16.0 Å². The van der Waals surface area contributed by atoms with Gasteiger partial charge in [-0.25, -0.2) is 22.1 Å². The van der Waals surface area contributed by atoms with Gasteiger partial charge in [-0.05, 0) is 55.2 Å². The van der Waals surface area contributed by atoms with Gasteiger partial charge >= 0.3 is 0 Å². The van der Waals surface area contributed by atoms with Crippen LogP contribution in [0.2, 0.25) is 0 Å². The summed E-state index contributed by atoms with van der Waals surface area (Å²) in [6.45, 7) is 2.51. The number of halogens is 1. The number of nitrogens with one attached hydrogen (secondary N) is 1. The minimum atomic E-state index is -3.40. The van der Waals surface area contributed by atoms with Crippen LogP contribution in [0.3, 0.4) is 0 Å². The van der Waals surface area contributed by atoms with E-state index in [-0.39, 0.29) is 28.9 Å². The zero-order chi connectivity index (χ0) is 26.9. The lowest BCUT2D eigenvalue weighted by Gasteiger charge is -2.31. The van der Waals surface area contributed by atoms with E-state index >= 15 is 0 Å². The number of aryl methyl sites for hydroxylation is 2. The highest BCUT2D eigenvalue weighted by molar-refractivity contribution is 7.88. The van der Waals surface area contributed by atoms with Crippen molar-refractivity contribution in [2.45, 2.75) is 31.6 Å². The maximum atomic E-state index is 13.4. The normalized spacial score (nSPS) is 15.0. The Hall–Kier alpha value is -3.83. The molecular weight excluding hydrogens is 509 g/mol. The van der Waals surface area contributed by atoms with E-state index in [9.17, 15) is 17.6 Å². The zero-order valence-electron chi connectivity index (χ0n) is 21.1. The highest BCUT2D eigenvalue weighted by Gasteiger charge is 2.28. The van der Waals surface area contributed by atoms with Crippen LogP contribution in [0, 0.1) is 12.7 Å². The summed E-state index contributed by atoms with van der Waals surface area (Å²) < 4.78 is 47.8. The third kappa shape index (κ3) is 5.53. The van der Waals surface area contributed by atoms with E-state index in [0.29, 0.717) is 54.2 Å². The molecule has 1 N–H and O–H groups in total. The summed E-state index contributed by atoms with van der Waals surface area (Å²) in [6.07, 6.45) is 2.82. The van der Waals surface area contributed by atoms with Crippen LogP contribution in [0.15, 0.2) is 65.6 Å². The fourth-order valence-electron chi connectivity index (χ4n) is 4.54. The van der Waals surface area contributed by atoms with E-state index in [1.165, 1.54) is 27.1 Å². The lowest BCUT2D eigenvalue weighted by Crippen LogP contribution is -2.43. The monoisotopic (exact) mass is 537 g/mol. The van der Waals surface area contributed by atoms with Gasteiger partial charge in [-0.15, -0.1) is 0 Å². The molecule has 0 unspecified atom stereocenters. The van der Waals surface area contributed by atoms with Crippen LogP contribution in [0.25, 0.3) is 11.0 Å². The Kier molecular flexibility index (Phi) is 7.13. The van der Waals surface area contributed by atoms with Crippen molar-refractivity contribution < 1.29 is 17.5 Å². The second kappa shape index (κ2) is 10.5. The van der Waals surface area contributed by atoms with E-state index in [2.05, 4.69) is 15.3 Å². The number of benzene rings is 2. The van der Waals surface area contributed by atoms with E-state index in [1.807, 2.05) is 30.3 Å². The number of hydrogen-bond acceptors (Lipinski definition) is 7. The molecule has 198 valence electrons. The molecule has 1 saturated heterocycles. The van der Waals surface area contributed by atoms with Gasteiger partial charge in [0.1, 0.15) is 17.2 Å². The first-order chi connectivity index (χ1) is 18.2. The Labute approximate surface area is 220 Å². The number of aromatic nitrogens is 3. The molecule has 11 heteroatoms. The Morgan fingerprint density at radius 2 is 1.82 bits per heavy atom. The third-order valence-corrected chi connectivity index (χ3v) is 8.50. The Morgan fingerprint density at radius 3 is 2.53 bits per heavy atom. The standard InChI is InChI=1S/C27H28FN5O4S/c1-18-14-21(28)8-9-23(18)37-24-15-20-16-29-27(31-25(20)32(2)26(24)34)30-22-10-12-33(13-11-22)38(35,36)17-19-6-4-3-5-7-19/h3-9,14-16,22H,10-13,17H2,1-2H3,(H,29,30,31). The summed E-state index contributed by atoms with van der Waals surface area (Å²) in [5, 5.41) is 3.89. The molecule has 1 aliphatic heterocycles. The second-order valence-corrected chi connectivity index (χ2v) is 11.4.